The molecule has 0 amide bonds. The van der Waals surface area contributed by atoms with E-state index in [2.05, 4.69) is 0 Å². The van der Waals surface area contributed by atoms with E-state index in [1.165, 1.54) is 10.8 Å². The molecule has 0 aromatic carbocycles. The molecular formula is C8H11N3O3. The van der Waals surface area contributed by atoms with Gasteiger partial charge in [0.05, 0.1) is 28.9 Å². The number of hydrogen-bond acceptors (Lipinski definition) is 4. The molecule has 1 aromatic rings. The van der Waals surface area contributed by atoms with Crippen LogP contribution in [-0.4, -0.2) is 21.8 Å². The highest BCUT2D eigenvalue weighted by Crippen LogP contribution is 2.22. The van der Waals surface area contributed by atoms with Crippen molar-refractivity contribution in [1.82, 2.24) is 4.57 Å². The third-order valence-corrected chi connectivity index (χ3v) is 2.05. The highest BCUT2D eigenvalue weighted by Gasteiger charge is 2.22. The predicted molar refractivity (Wildman–Crippen MR) is 50.2 cm³/mol. The zero-order valence-corrected chi connectivity index (χ0v) is 7.98. The molecule has 0 aliphatic rings. The van der Waals surface area contributed by atoms with Crippen LogP contribution in [0.15, 0.2) is 6.20 Å². The fourth-order valence-corrected chi connectivity index (χ4v) is 1.42. The molecule has 0 unspecified atom stereocenters. The van der Waals surface area contributed by atoms with Crippen molar-refractivity contribution < 1.29 is 9.72 Å². The molecule has 0 aliphatic heterocycles. The Bertz CT molecular complexity index is 395. The van der Waals surface area contributed by atoms with Gasteiger partial charge in [-0.2, -0.15) is 0 Å². The smallest absolute Gasteiger partial charge is 0.290 e. The Morgan fingerprint density at radius 1 is 1.71 bits per heavy atom. The van der Waals surface area contributed by atoms with Crippen molar-refractivity contribution in [3.05, 3.63) is 27.6 Å². The summed E-state index contributed by atoms with van der Waals surface area (Å²) in [7, 11) is 1.59. The van der Waals surface area contributed by atoms with Gasteiger partial charge in [0.2, 0.25) is 0 Å². The molecule has 14 heavy (non-hydrogen) atoms. The number of nitro groups is 1. The van der Waals surface area contributed by atoms with Crippen LogP contribution in [0.25, 0.3) is 0 Å². The summed E-state index contributed by atoms with van der Waals surface area (Å²) in [5.74, 6) is -0.293. The van der Waals surface area contributed by atoms with E-state index >= 15 is 0 Å². The van der Waals surface area contributed by atoms with Gasteiger partial charge < -0.3 is 10.3 Å². The summed E-state index contributed by atoms with van der Waals surface area (Å²) in [5, 5.41) is 10.5. The Morgan fingerprint density at radius 2 is 2.29 bits per heavy atom. The summed E-state index contributed by atoms with van der Waals surface area (Å²) in [6, 6.07) is 0. The minimum absolute atomic E-state index is 0.0516. The third kappa shape index (κ3) is 1.51. The van der Waals surface area contributed by atoms with Crippen LogP contribution in [-0.2, 0) is 7.05 Å². The maximum Gasteiger partial charge on any atom is 0.290 e. The van der Waals surface area contributed by atoms with E-state index in [1.54, 1.807) is 14.0 Å². The third-order valence-electron chi connectivity index (χ3n) is 2.05. The first kappa shape index (κ1) is 10.4. The first-order valence-corrected chi connectivity index (χ1v) is 4.02. The molecule has 0 saturated heterocycles. The largest absolute Gasteiger partial charge is 0.342 e. The van der Waals surface area contributed by atoms with Gasteiger partial charge in [0.25, 0.3) is 5.69 Å². The maximum atomic E-state index is 11.3. The monoisotopic (exact) mass is 197 g/mol. The number of Topliss-reactive ketones (excluding diaryl/α,β-unsaturated/α-hetero) is 1. The first-order valence-electron chi connectivity index (χ1n) is 4.02. The quantitative estimate of drug-likeness (QED) is 0.431. The van der Waals surface area contributed by atoms with Crippen molar-refractivity contribution in [2.45, 2.75) is 6.92 Å². The van der Waals surface area contributed by atoms with Gasteiger partial charge in [-0.1, -0.05) is 0 Å². The molecule has 1 rings (SSSR count). The van der Waals surface area contributed by atoms with Crippen LogP contribution < -0.4 is 5.73 Å². The van der Waals surface area contributed by atoms with Gasteiger partial charge in [-0.15, -0.1) is 0 Å². The molecule has 6 heteroatoms. The zero-order chi connectivity index (χ0) is 10.9. The van der Waals surface area contributed by atoms with Crippen LogP contribution in [0, 0.1) is 17.0 Å². The number of ketones is 1. The summed E-state index contributed by atoms with van der Waals surface area (Å²) in [6.07, 6.45) is 1.32. The summed E-state index contributed by atoms with van der Waals surface area (Å²) in [5.41, 5.74) is 5.82. The van der Waals surface area contributed by atoms with E-state index in [4.69, 9.17) is 5.73 Å². The van der Waals surface area contributed by atoms with Gasteiger partial charge in [0.1, 0.15) is 0 Å². The second kappa shape index (κ2) is 3.59. The fraction of sp³-hybridized carbons (Fsp3) is 0.375. The highest BCUT2D eigenvalue weighted by molar-refractivity contribution is 5.98. The minimum Gasteiger partial charge on any atom is -0.342 e. The number of rotatable bonds is 3. The molecule has 0 saturated carbocycles. The summed E-state index contributed by atoms with van der Waals surface area (Å²) in [4.78, 5) is 21.4. The zero-order valence-electron chi connectivity index (χ0n) is 7.98. The topological polar surface area (TPSA) is 91.2 Å². The maximum absolute atomic E-state index is 11.3. The van der Waals surface area contributed by atoms with Crippen LogP contribution in [0.5, 0.6) is 0 Å². The molecule has 2 N–H and O–H groups in total. The molecule has 0 radical (unpaired) electrons. The number of nitrogens with zero attached hydrogens (tertiary/aromatic N) is 2. The minimum atomic E-state index is -0.511. The number of aromatic nitrogens is 1. The van der Waals surface area contributed by atoms with E-state index in [-0.39, 0.29) is 18.0 Å². The number of hydrogen-bond donors (Lipinski definition) is 1. The van der Waals surface area contributed by atoms with Crippen molar-refractivity contribution in [2.75, 3.05) is 6.54 Å². The number of carbonyl (C=O) groups is 1. The molecule has 76 valence electrons. The Morgan fingerprint density at radius 3 is 2.64 bits per heavy atom. The van der Waals surface area contributed by atoms with Crippen LogP contribution in [0.1, 0.15) is 16.1 Å². The van der Waals surface area contributed by atoms with Crippen LogP contribution >= 0.6 is 0 Å². The van der Waals surface area contributed by atoms with Crippen molar-refractivity contribution in [1.29, 1.82) is 0 Å². The van der Waals surface area contributed by atoms with Gasteiger partial charge in [0, 0.05) is 7.05 Å². The second-order valence-electron chi connectivity index (χ2n) is 2.98. The van der Waals surface area contributed by atoms with Crippen molar-refractivity contribution in [2.24, 2.45) is 12.8 Å². The Hall–Kier alpha value is -1.69. The van der Waals surface area contributed by atoms with E-state index in [0.717, 1.165) is 0 Å². The lowest BCUT2D eigenvalue weighted by molar-refractivity contribution is -0.385. The Kier molecular flexibility index (Phi) is 2.66. The predicted octanol–water partition coefficient (Wildman–Crippen LogP) is 0.383. The summed E-state index contributed by atoms with van der Waals surface area (Å²) < 4.78 is 1.43. The van der Waals surface area contributed by atoms with Gasteiger partial charge in [-0.05, 0) is 6.92 Å². The lowest BCUT2D eigenvalue weighted by Gasteiger charge is -1.99. The standard InChI is InChI=1S/C8H11N3O3/c1-5-6(11(13)14)4-10(2)8(5)7(12)3-9/h4H,3,9H2,1-2H3. The van der Waals surface area contributed by atoms with Crippen LogP contribution in [0.3, 0.4) is 0 Å². The Labute approximate surface area is 80.5 Å². The molecule has 0 fully saturated rings. The second-order valence-corrected chi connectivity index (χ2v) is 2.98. The van der Waals surface area contributed by atoms with E-state index in [9.17, 15) is 14.9 Å². The molecule has 0 atom stereocenters. The molecule has 0 aliphatic carbocycles. The van der Waals surface area contributed by atoms with Gasteiger partial charge in [-0.25, -0.2) is 0 Å². The first-order chi connectivity index (χ1) is 6.49. The average molecular weight is 197 g/mol. The molecule has 6 nitrogen and oxygen atoms in total. The number of nitrogens with two attached hydrogens (primary N) is 1. The van der Waals surface area contributed by atoms with E-state index in [0.29, 0.717) is 11.3 Å². The molecule has 1 aromatic heterocycles. The number of carbonyl (C=O) groups excluding carboxylic acids is 1. The van der Waals surface area contributed by atoms with Crippen LogP contribution in [0.4, 0.5) is 5.69 Å². The van der Waals surface area contributed by atoms with E-state index < -0.39 is 4.92 Å². The summed E-state index contributed by atoms with van der Waals surface area (Å²) in [6.45, 7) is 1.40. The highest BCUT2D eigenvalue weighted by atomic mass is 16.6. The van der Waals surface area contributed by atoms with Gasteiger partial charge in [-0.3, -0.25) is 14.9 Å². The van der Waals surface area contributed by atoms with Crippen molar-refractivity contribution >= 4 is 11.5 Å². The SMILES string of the molecule is Cc1c([N+](=O)[O-])cn(C)c1C(=O)CN. The molecule has 0 spiro atoms. The number of aryl methyl sites for hydroxylation is 1. The van der Waals surface area contributed by atoms with Crippen molar-refractivity contribution in [3.8, 4) is 0 Å². The van der Waals surface area contributed by atoms with Crippen molar-refractivity contribution in [3.63, 3.8) is 0 Å². The Balaban J connectivity index is 3.31. The van der Waals surface area contributed by atoms with Crippen LogP contribution in [0.2, 0.25) is 0 Å². The fourth-order valence-electron chi connectivity index (χ4n) is 1.42. The molecule has 0 bridgehead atoms. The lowest BCUT2D eigenvalue weighted by Crippen LogP contribution is -2.17. The van der Waals surface area contributed by atoms with E-state index in [1.807, 2.05) is 0 Å². The normalized spacial score (nSPS) is 10.2. The summed E-state index contributed by atoms with van der Waals surface area (Å²) >= 11 is 0. The lowest BCUT2D eigenvalue weighted by atomic mass is 10.2. The molecular weight excluding hydrogens is 186 g/mol. The van der Waals surface area contributed by atoms with Gasteiger partial charge >= 0.3 is 0 Å². The van der Waals surface area contributed by atoms with Gasteiger partial charge in [0.15, 0.2) is 5.78 Å². The molecule has 1 heterocycles. The average Bonchev–Trinajstić information content (AvgIpc) is 2.41.